The van der Waals surface area contributed by atoms with Crippen molar-refractivity contribution in [2.45, 2.75) is 6.54 Å². The van der Waals surface area contributed by atoms with Gasteiger partial charge in [0.15, 0.2) is 0 Å². The number of fused-ring (bicyclic) bond motifs is 1. The summed E-state index contributed by atoms with van der Waals surface area (Å²) in [6.45, 7) is 0.574. The third kappa shape index (κ3) is 4.26. The number of nitrogens with zero attached hydrogens (tertiary/aromatic N) is 3. The van der Waals surface area contributed by atoms with Crippen molar-refractivity contribution in [1.82, 2.24) is 9.97 Å². The van der Waals surface area contributed by atoms with Crippen LogP contribution in [0.25, 0.3) is 10.9 Å². The molecule has 4 aromatic rings. The van der Waals surface area contributed by atoms with Gasteiger partial charge in [0.1, 0.15) is 18.0 Å². The van der Waals surface area contributed by atoms with E-state index in [4.69, 9.17) is 16.9 Å². The van der Waals surface area contributed by atoms with E-state index in [1.165, 1.54) is 18.5 Å². The lowest BCUT2D eigenvalue weighted by Gasteiger charge is -2.11. The summed E-state index contributed by atoms with van der Waals surface area (Å²) >= 11 is 5.87. The Labute approximate surface area is 171 Å². The zero-order valence-electron chi connectivity index (χ0n) is 15.2. The van der Waals surface area contributed by atoms with E-state index in [0.29, 0.717) is 23.6 Å². The molecule has 142 valence electrons. The van der Waals surface area contributed by atoms with Crippen molar-refractivity contribution in [3.05, 3.63) is 89.0 Å². The normalized spacial score (nSPS) is 10.5. The first-order chi connectivity index (χ1) is 14.1. The summed E-state index contributed by atoms with van der Waals surface area (Å²) in [5.41, 5.74) is 3.92. The van der Waals surface area contributed by atoms with E-state index >= 15 is 0 Å². The average molecular weight is 404 g/mol. The molecule has 0 bridgehead atoms. The molecule has 0 saturated heterocycles. The molecule has 4 rings (SSSR count). The van der Waals surface area contributed by atoms with Gasteiger partial charge in [0.2, 0.25) is 0 Å². The van der Waals surface area contributed by atoms with Crippen LogP contribution in [0.2, 0.25) is 5.02 Å². The molecule has 29 heavy (non-hydrogen) atoms. The number of nitrogens with one attached hydrogen (secondary N) is 2. The predicted octanol–water partition coefficient (Wildman–Crippen LogP) is 5.65. The molecule has 0 aliphatic carbocycles. The van der Waals surface area contributed by atoms with Gasteiger partial charge in [0, 0.05) is 23.3 Å². The number of halogens is 2. The van der Waals surface area contributed by atoms with E-state index in [9.17, 15) is 4.39 Å². The van der Waals surface area contributed by atoms with Gasteiger partial charge in [-0.3, -0.25) is 0 Å². The molecule has 5 nitrogen and oxygen atoms in total. The molecule has 1 heterocycles. The molecule has 2 N–H and O–H groups in total. The Kier molecular flexibility index (Phi) is 5.23. The minimum Gasteiger partial charge on any atom is -0.381 e. The molecule has 0 amide bonds. The molecular weight excluding hydrogens is 389 g/mol. The minimum atomic E-state index is -0.475. The summed E-state index contributed by atoms with van der Waals surface area (Å²) in [6, 6.07) is 19.8. The molecule has 0 spiro atoms. The van der Waals surface area contributed by atoms with Crippen molar-refractivity contribution in [2.24, 2.45) is 0 Å². The van der Waals surface area contributed by atoms with E-state index < -0.39 is 5.82 Å². The Morgan fingerprint density at radius 2 is 1.86 bits per heavy atom. The van der Waals surface area contributed by atoms with Crippen LogP contribution >= 0.6 is 11.6 Å². The second kappa shape index (κ2) is 8.13. The highest BCUT2D eigenvalue weighted by atomic mass is 35.5. The van der Waals surface area contributed by atoms with Crippen LogP contribution in [0.5, 0.6) is 0 Å². The SMILES string of the molecule is N#Cc1cccc(CNc2ccc3ncnc(Nc4ccc(F)c(Cl)c4)c3c2)c1. The first kappa shape index (κ1) is 18.7. The second-order valence-corrected chi connectivity index (χ2v) is 6.78. The highest BCUT2D eigenvalue weighted by Crippen LogP contribution is 2.27. The Morgan fingerprint density at radius 3 is 2.69 bits per heavy atom. The van der Waals surface area contributed by atoms with E-state index in [1.807, 2.05) is 36.4 Å². The lowest BCUT2D eigenvalue weighted by atomic mass is 10.1. The molecule has 1 aromatic heterocycles. The van der Waals surface area contributed by atoms with Gasteiger partial charge in [-0.1, -0.05) is 23.7 Å². The molecule has 0 unspecified atom stereocenters. The molecule has 7 heteroatoms. The molecule has 0 atom stereocenters. The van der Waals surface area contributed by atoms with Crippen molar-refractivity contribution in [3.8, 4) is 6.07 Å². The van der Waals surface area contributed by atoms with E-state index in [1.54, 1.807) is 12.1 Å². The first-order valence-corrected chi connectivity index (χ1v) is 9.20. The molecule has 0 aliphatic heterocycles. The topological polar surface area (TPSA) is 73.6 Å². The van der Waals surface area contributed by atoms with Crippen LogP contribution in [0.3, 0.4) is 0 Å². The summed E-state index contributed by atoms with van der Waals surface area (Å²) in [6.07, 6.45) is 1.47. The smallest absolute Gasteiger partial charge is 0.141 e. The van der Waals surface area contributed by atoms with Crippen LogP contribution in [-0.4, -0.2) is 9.97 Å². The third-order valence-corrected chi connectivity index (χ3v) is 4.66. The van der Waals surface area contributed by atoms with Gasteiger partial charge in [-0.15, -0.1) is 0 Å². The van der Waals surface area contributed by atoms with Crippen molar-refractivity contribution in [2.75, 3.05) is 10.6 Å². The molecule has 0 fully saturated rings. The van der Waals surface area contributed by atoms with Gasteiger partial charge in [0.25, 0.3) is 0 Å². The monoisotopic (exact) mass is 403 g/mol. The molecular formula is C22H15ClFN5. The lowest BCUT2D eigenvalue weighted by molar-refractivity contribution is 0.628. The van der Waals surface area contributed by atoms with Crippen LogP contribution < -0.4 is 10.6 Å². The molecule has 0 radical (unpaired) electrons. The van der Waals surface area contributed by atoms with E-state index in [2.05, 4.69) is 26.7 Å². The number of hydrogen-bond donors (Lipinski definition) is 2. The van der Waals surface area contributed by atoms with Gasteiger partial charge in [-0.05, 0) is 54.1 Å². The maximum atomic E-state index is 13.4. The summed E-state index contributed by atoms with van der Waals surface area (Å²) in [5, 5.41) is 16.4. The Morgan fingerprint density at radius 1 is 1.00 bits per heavy atom. The fraction of sp³-hybridized carbons (Fsp3) is 0.0455. The van der Waals surface area contributed by atoms with Crippen LogP contribution in [0, 0.1) is 17.1 Å². The van der Waals surface area contributed by atoms with Crippen molar-refractivity contribution in [3.63, 3.8) is 0 Å². The molecule has 0 aliphatic rings. The summed E-state index contributed by atoms with van der Waals surface area (Å²) < 4.78 is 13.4. The van der Waals surface area contributed by atoms with Crippen LogP contribution in [0.1, 0.15) is 11.1 Å². The van der Waals surface area contributed by atoms with Gasteiger partial charge < -0.3 is 10.6 Å². The number of rotatable bonds is 5. The van der Waals surface area contributed by atoms with Gasteiger partial charge in [-0.25, -0.2) is 14.4 Å². The molecule has 3 aromatic carbocycles. The van der Waals surface area contributed by atoms with Crippen LogP contribution in [0.15, 0.2) is 67.0 Å². The maximum absolute atomic E-state index is 13.4. The standard InChI is InChI=1S/C22H15ClFN5/c23-19-10-17(4-6-20(19)24)29-22-18-9-16(5-7-21(18)27-13-28-22)26-12-15-3-1-2-14(8-15)11-25/h1-10,13,26H,12H2,(H,27,28,29). The van der Waals surface area contributed by atoms with Gasteiger partial charge in [0.05, 0.1) is 22.2 Å². The third-order valence-electron chi connectivity index (χ3n) is 4.37. The van der Waals surface area contributed by atoms with Gasteiger partial charge >= 0.3 is 0 Å². The molecule has 0 saturated carbocycles. The van der Waals surface area contributed by atoms with Crippen LogP contribution in [0.4, 0.5) is 21.6 Å². The lowest BCUT2D eigenvalue weighted by Crippen LogP contribution is -2.01. The quantitative estimate of drug-likeness (QED) is 0.450. The predicted molar refractivity (Wildman–Crippen MR) is 113 cm³/mol. The highest BCUT2D eigenvalue weighted by Gasteiger charge is 2.07. The Balaban J connectivity index is 1.59. The fourth-order valence-electron chi connectivity index (χ4n) is 2.93. The largest absolute Gasteiger partial charge is 0.381 e. The second-order valence-electron chi connectivity index (χ2n) is 6.37. The van der Waals surface area contributed by atoms with E-state index in [-0.39, 0.29) is 5.02 Å². The maximum Gasteiger partial charge on any atom is 0.141 e. The number of hydrogen-bond acceptors (Lipinski definition) is 5. The van der Waals surface area contributed by atoms with Crippen molar-refractivity contribution in [1.29, 1.82) is 5.26 Å². The minimum absolute atomic E-state index is 0.0373. The zero-order valence-corrected chi connectivity index (χ0v) is 15.9. The van der Waals surface area contributed by atoms with Gasteiger partial charge in [-0.2, -0.15) is 5.26 Å². The number of benzene rings is 3. The van der Waals surface area contributed by atoms with Crippen molar-refractivity contribution < 1.29 is 4.39 Å². The average Bonchev–Trinajstić information content (AvgIpc) is 2.75. The Hall–Kier alpha value is -3.69. The number of anilines is 3. The summed E-state index contributed by atoms with van der Waals surface area (Å²) in [7, 11) is 0. The summed E-state index contributed by atoms with van der Waals surface area (Å²) in [4.78, 5) is 8.61. The van der Waals surface area contributed by atoms with Crippen molar-refractivity contribution >= 4 is 39.7 Å². The Bertz CT molecular complexity index is 1240. The summed E-state index contributed by atoms with van der Waals surface area (Å²) in [5.74, 6) is 0.115. The number of aromatic nitrogens is 2. The highest BCUT2D eigenvalue weighted by molar-refractivity contribution is 6.31. The number of nitriles is 1. The first-order valence-electron chi connectivity index (χ1n) is 8.82. The fourth-order valence-corrected chi connectivity index (χ4v) is 3.11. The van der Waals surface area contributed by atoms with E-state index in [0.717, 1.165) is 22.2 Å². The van der Waals surface area contributed by atoms with Crippen LogP contribution in [-0.2, 0) is 6.54 Å². The zero-order chi connectivity index (χ0) is 20.2.